The number of ether oxygens (including phenoxy) is 1. The molecule has 1 aromatic heterocycles. The maximum absolute atomic E-state index is 12.2. The van der Waals surface area contributed by atoms with Crippen LogP contribution in [-0.4, -0.2) is 25.6 Å². The van der Waals surface area contributed by atoms with Gasteiger partial charge in [-0.25, -0.2) is 4.79 Å². The number of hydrogen-bond donors (Lipinski definition) is 3. The van der Waals surface area contributed by atoms with E-state index in [0.29, 0.717) is 6.54 Å². The Morgan fingerprint density at radius 1 is 1.21 bits per heavy atom. The summed E-state index contributed by atoms with van der Waals surface area (Å²) in [6.45, 7) is 0.354. The third kappa shape index (κ3) is 5.36. The Morgan fingerprint density at radius 3 is 2.54 bits per heavy atom. The summed E-state index contributed by atoms with van der Waals surface area (Å²) in [6, 6.07) is 12.3. The van der Waals surface area contributed by atoms with Crippen LogP contribution in [0.3, 0.4) is 0 Å². The topological polar surface area (TPSA) is 93.4 Å². The molecule has 0 aliphatic rings. The molecule has 6 nitrogen and oxygen atoms in total. The van der Waals surface area contributed by atoms with Crippen LogP contribution in [0, 0.1) is 0 Å². The van der Waals surface area contributed by atoms with Crippen molar-refractivity contribution in [3.8, 4) is 0 Å². The van der Waals surface area contributed by atoms with E-state index < -0.39 is 12.1 Å². The molecule has 4 N–H and O–H groups in total. The SMILES string of the molecule is CO[C@H](CNC(=O)C[C@H](NC(N)=O)c1cccs1)c1ccccc1. The fourth-order valence-electron chi connectivity index (χ4n) is 2.35. The average molecular weight is 347 g/mol. The summed E-state index contributed by atoms with van der Waals surface area (Å²) in [5.41, 5.74) is 6.19. The number of methoxy groups -OCH3 is 1. The lowest BCUT2D eigenvalue weighted by Crippen LogP contribution is -2.37. The second-order valence-electron chi connectivity index (χ2n) is 5.22. The number of rotatable bonds is 8. The van der Waals surface area contributed by atoms with Crippen molar-refractivity contribution < 1.29 is 14.3 Å². The van der Waals surface area contributed by atoms with Crippen LogP contribution < -0.4 is 16.4 Å². The molecule has 0 aliphatic carbocycles. The van der Waals surface area contributed by atoms with E-state index in [1.165, 1.54) is 11.3 Å². The van der Waals surface area contributed by atoms with E-state index >= 15 is 0 Å². The van der Waals surface area contributed by atoms with Gasteiger partial charge in [-0.15, -0.1) is 11.3 Å². The molecule has 2 rings (SSSR count). The largest absolute Gasteiger partial charge is 0.375 e. The molecular weight excluding hydrogens is 326 g/mol. The van der Waals surface area contributed by atoms with Gasteiger partial charge in [0.2, 0.25) is 5.91 Å². The summed E-state index contributed by atoms with van der Waals surface area (Å²) >= 11 is 1.47. The van der Waals surface area contributed by atoms with Crippen LogP contribution in [-0.2, 0) is 9.53 Å². The van der Waals surface area contributed by atoms with Crippen molar-refractivity contribution >= 4 is 23.3 Å². The highest BCUT2D eigenvalue weighted by Crippen LogP contribution is 2.22. The van der Waals surface area contributed by atoms with E-state index in [2.05, 4.69) is 10.6 Å². The molecule has 0 radical (unpaired) electrons. The molecule has 0 saturated carbocycles. The monoisotopic (exact) mass is 347 g/mol. The van der Waals surface area contributed by atoms with Crippen molar-refractivity contribution in [1.82, 2.24) is 10.6 Å². The third-order valence-corrected chi connectivity index (χ3v) is 4.52. The highest BCUT2D eigenvalue weighted by Gasteiger charge is 2.19. The number of nitrogens with two attached hydrogens (primary N) is 1. The molecule has 2 atom stereocenters. The maximum atomic E-state index is 12.2. The molecule has 0 unspecified atom stereocenters. The molecule has 3 amide bonds. The number of urea groups is 1. The van der Waals surface area contributed by atoms with Gasteiger partial charge in [0, 0.05) is 18.5 Å². The minimum atomic E-state index is -0.653. The van der Waals surface area contributed by atoms with Gasteiger partial charge in [-0.05, 0) is 17.0 Å². The van der Waals surface area contributed by atoms with Crippen molar-refractivity contribution in [3.05, 3.63) is 58.3 Å². The van der Waals surface area contributed by atoms with Crippen LogP contribution in [0.2, 0.25) is 0 Å². The zero-order valence-corrected chi connectivity index (χ0v) is 14.2. The van der Waals surface area contributed by atoms with E-state index in [0.717, 1.165) is 10.4 Å². The first kappa shape index (κ1) is 18.0. The Balaban J connectivity index is 1.92. The molecule has 2 aromatic rings. The molecule has 128 valence electrons. The summed E-state index contributed by atoms with van der Waals surface area (Å²) < 4.78 is 5.43. The summed E-state index contributed by atoms with van der Waals surface area (Å²) in [4.78, 5) is 24.3. The van der Waals surface area contributed by atoms with Crippen LogP contribution in [0.5, 0.6) is 0 Å². The van der Waals surface area contributed by atoms with Crippen molar-refractivity contribution in [1.29, 1.82) is 0 Å². The zero-order chi connectivity index (χ0) is 17.4. The summed E-state index contributed by atoms with van der Waals surface area (Å²) in [7, 11) is 1.60. The lowest BCUT2D eigenvalue weighted by atomic mass is 10.1. The normalized spacial score (nSPS) is 13.0. The Kier molecular flexibility index (Phi) is 6.77. The Morgan fingerprint density at radius 2 is 1.96 bits per heavy atom. The van der Waals surface area contributed by atoms with E-state index in [9.17, 15) is 9.59 Å². The van der Waals surface area contributed by atoms with Gasteiger partial charge >= 0.3 is 6.03 Å². The fraction of sp³-hybridized carbons (Fsp3) is 0.294. The smallest absolute Gasteiger partial charge is 0.312 e. The Hall–Kier alpha value is -2.38. The zero-order valence-electron chi connectivity index (χ0n) is 13.4. The van der Waals surface area contributed by atoms with E-state index in [1.54, 1.807) is 7.11 Å². The fourth-order valence-corrected chi connectivity index (χ4v) is 3.13. The molecule has 0 aliphatic heterocycles. The molecule has 1 heterocycles. The van der Waals surface area contributed by atoms with Gasteiger partial charge in [0.25, 0.3) is 0 Å². The van der Waals surface area contributed by atoms with Gasteiger partial charge in [0.05, 0.1) is 18.6 Å². The Labute approximate surface area is 145 Å². The van der Waals surface area contributed by atoms with Crippen molar-refractivity contribution in [2.24, 2.45) is 5.73 Å². The highest BCUT2D eigenvalue weighted by atomic mass is 32.1. The van der Waals surface area contributed by atoms with Crippen LogP contribution in [0.25, 0.3) is 0 Å². The predicted molar refractivity (Wildman–Crippen MR) is 93.6 cm³/mol. The van der Waals surface area contributed by atoms with E-state index in [4.69, 9.17) is 10.5 Å². The van der Waals surface area contributed by atoms with Gasteiger partial charge in [-0.3, -0.25) is 4.79 Å². The number of hydrogen-bond acceptors (Lipinski definition) is 4. The first-order valence-electron chi connectivity index (χ1n) is 7.54. The third-order valence-electron chi connectivity index (χ3n) is 3.53. The molecule has 0 fully saturated rings. The molecule has 24 heavy (non-hydrogen) atoms. The predicted octanol–water partition coefficient (Wildman–Crippen LogP) is 2.35. The number of primary amides is 1. The average Bonchev–Trinajstić information content (AvgIpc) is 3.10. The first-order chi connectivity index (χ1) is 11.6. The molecule has 0 spiro atoms. The molecule has 7 heteroatoms. The first-order valence-corrected chi connectivity index (χ1v) is 8.42. The van der Waals surface area contributed by atoms with Crippen molar-refractivity contribution in [2.45, 2.75) is 18.6 Å². The van der Waals surface area contributed by atoms with Crippen molar-refractivity contribution in [2.75, 3.05) is 13.7 Å². The molecule has 0 bridgehead atoms. The number of amides is 3. The second-order valence-corrected chi connectivity index (χ2v) is 6.20. The van der Waals surface area contributed by atoms with E-state index in [-0.39, 0.29) is 18.4 Å². The maximum Gasteiger partial charge on any atom is 0.312 e. The minimum absolute atomic E-state index is 0.120. The summed E-state index contributed by atoms with van der Waals surface area (Å²) in [5.74, 6) is -0.180. The minimum Gasteiger partial charge on any atom is -0.375 e. The highest BCUT2D eigenvalue weighted by molar-refractivity contribution is 7.10. The Bertz CT molecular complexity index is 646. The van der Waals surface area contributed by atoms with Crippen LogP contribution >= 0.6 is 11.3 Å². The summed E-state index contributed by atoms with van der Waals surface area (Å²) in [5, 5.41) is 7.34. The van der Waals surface area contributed by atoms with Crippen LogP contribution in [0.15, 0.2) is 47.8 Å². The van der Waals surface area contributed by atoms with Gasteiger partial charge in [-0.2, -0.15) is 0 Å². The summed E-state index contributed by atoms with van der Waals surface area (Å²) in [6.07, 6.45) is -0.103. The number of carbonyl (C=O) groups is 2. The lowest BCUT2D eigenvalue weighted by Gasteiger charge is -2.19. The standard InChI is InChI=1S/C17H21N3O3S/c1-23-14(12-6-3-2-4-7-12)11-19-16(21)10-13(20-17(18)22)15-8-5-9-24-15/h2-9,13-14H,10-11H2,1H3,(H,19,21)(H3,18,20,22)/t13-,14+/m0/s1. The van der Waals surface area contributed by atoms with Gasteiger partial charge in [0.15, 0.2) is 0 Å². The number of nitrogens with one attached hydrogen (secondary N) is 2. The molecular formula is C17H21N3O3S. The molecule has 0 saturated heterocycles. The second kappa shape index (κ2) is 9.05. The molecule has 1 aromatic carbocycles. The van der Waals surface area contributed by atoms with Crippen molar-refractivity contribution in [3.63, 3.8) is 0 Å². The van der Waals surface area contributed by atoms with Crippen LogP contribution in [0.1, 0.15) is 29.0 Å². The van der Waals surface area contributed by atoms with Crippen LogP contribution in [0.4, 0.5) is 4.79 Å². The van der Waals surface area contributed by atoms with Gasteiger partial charge < -0.3 is 21.1 Å². The quantitative estimate of drug-likeness (QED) is 0.684. The number of benzene rings is 1. The number of thiophene rings is 1. The lowest BCUT2D eigenvalue weighted by molar-refractivity contribution is -0.122. The van der Waals surface area contributed by atoms with Gasteiger partial charge in [0.1, 0.15) is 0 Å². The van der Waals surface area contributed by atoms with Gasteiger partial charge in [-0.1, -0.05) is 36.4 Å². The number of carbonyl (C=O) groups excluding carboxylic acids is 2. The van der Waals surface area contributed by atoms with E-state index in [1.807, 2.05) is 47.8 Å².